The topological polar surface area (TPSA) is 197 Å². The zero-order valence-corrected chi connectivity index (χ0v) is 35.9. The van der Waals surface area contributed by atoms with E-state index in [0.29, 0.717) is 34.1 Å². The van der Waals surface area contributed by atoms with Gasteiger partial charge in [-0.25, -0.2) is 16.8 Å². The molecule has 16 nitrogen and oxygen atoms in total. The number of anilines is 3. The number of rotatable bonds is 19. The Kier molecular flexibility index (Phi) is 14.4. The summed E-state index contributed by atoms with van der Waals surface area (Å²) in [5.41, 5.74) is 1.80. The van der Waals surface area contributed by atoms with Crippen molar-refractivity contribution in [3.8, 4) is 23.0 Å². The summed E-state index contributed by atoms with van der Waals surface area (Å²) in [6.45, 7) is -0.687. The molecule has 0 spiro atoms. The first-order valence-corrected chi connectivity index (χ1v) is 22.0. The van der Waals surface area contributed by atoms with Crippen molar-refractivity contribution in [3.63, 3.8) is 0 Å². The van der Waals surface area contributed by atoms with Crippen LogP contribution in [0.2, 0.25) is 0 Å². The minimum atomic E-state index is -4.31. The minimum absolute atomic E-state index is 0.0226. The molecule has 18 heteroatoms. The summed E-state index contributed by atoms with van der Waals surface area (Å²) in [5, 5.41) is 8.92. The van der Waals surface area contributed by atoms with Gasteiger partial charge in [0, 0.05) is 19.5 Å². The minimum Gasteiger partial charge on any atom is -0.497 e. The number of nitrogens with zero attached hydrogens (tertiary/aromatic N) is 5. The summed E-state index contributed by atoms with van der Waals surface area (Å²) >= 11 is 0. The van der Waals surface area contributed by atoms with Crippen LogP contribution in [0.3, 0.4) is 0 Å². The van der Waals surface area contributed by atoms with E-state index in [2.05, 4.69) is 20.5 Å². The van der Waals surface area contributed by atoms with Crippen LogP contribution < -0.4 is 33.5 Å². The van der Waals surface area contributed by atoms with Crippen LogP contribution in [0.25, 0.3) is 0 Å². The fraction of sp³-hybridized carbons (Fsp3) is 0.205. The Morgan fingerprint density at radius 3 is 2.03 bits per heavy atom. The average Bonchev–Trinajstić information content (AvgIpc) is 3.30. The van der Waals surface area contributed by atoms with Gasteiger partial charge in [0.1, 0.15) is 36.1 Å². The zero-order chi connectivity index (χ0) is 44.3. The lowest BCUT2D eigenvalue weighted by Crippen LogP contribution is -2.38. The molecule has 1 unspecified atom stereocenters. The molecule has 4 aromatic carbocycles. The van der Waals surface area contributed by atoms with Gasteiger partial charge in [-0.3, -0.25) is 18.9 Å². The molecular weight excluding hydrogens is 837 g/mol. The van der Waals surface area contributed by atoms with Crippen molar-refractivity contribution in [3.05, 3.63) is 145 Å². The van der Waals surface area contributed by atoms with Gasteiger partial charge in [-0.15, -0.1) is 0 Å². The van der Waals surface area contributed by atoms with Crippen LogP contribution in [0.4, 0.5) is 17.1 Å². The number of amides is 2. The highest BCUT2D eigenvalue weighted by Crippen LogP contribution is 2.36. The van der Waals surface area contributed by atoms with Crippen LogP contribution in [-0.4, -0.2) is 84.0 Å². The Morgan fingerprint density at radius 2 is 1.40 bits per heavy atom. The van der Waals surface area contributed by atoms with Gasteiger partial charge in [-0.2, -0.15) is 10.2 Å². The number of hydrogen-bond acceptors (Lipinski definition) is 13. The van der Waals surface area contributed by atoms with Crippen LogP contribution in [0.15, 0.2) is 144 Å². The smallest absolute Gasteiger partial charge is 0.264 e. The van der Waals surface area contributed by atoms with E-state index >= 15 is 0 Å². The van der Waals surface area contributed by atoms with Gasteiger partial charge in [0.2, 0.25) is 11.8 Å². The van der Waals surface area contributed by atoms with Gasteiger partial charge in [0.25, 0.3) is 10.0 Å². The maximum absolute atomic E-state index is 14.1. The maximum atomic E-state index is 14.1. The molecule has 0 fully saturated rings. The van der Waals surface area contributed by atoms with Gasteiger partial charge in [-0.1, -0.05) is 36.4 Å². The SMILES string of the molecule is COc1ccc(OC)c(CC(CC(=O)N(C)c2ccc(COc3ccc(OC)c(N(CC(=O)Nc4ccnnc4)S(=O)(=O)c4ccccc4)c3)nc2)S(=O)(=O)c2ccccc2)c1. The monoisotopic (exact) mass is 880 g/mol. The van der Waals surface area contributed by atoms with E-state index in [0.717, 1.165) is 4.31 Å². The molecule has 6 rings (SSSR count). The second-order valence-electron chi connectivity index (χ2n) is 13.7. The molecule has 0 saturated heterocycles. The number of carbonyl (C=O) groups excluding carboxylic acids is 2. The number of sulfonamides is 1. The third-order valence-electron chi connectivity index (χ3n) is 9.71. The molecular formula is C44H44N6O10S2. The quantitative estimate of drug-likeness (QED) is 0.103. The Hall–Kier alpha value is -7.05. The highest BCUT2D eigenvalue weighted by Gasteiger charge is 2.33. The van der Waals surface area contributed by atoms with E-state index in [1.54, 1.807) is 72.8 Å². The second-order valence-corrected chi connectivity index (χ2v) is 17.7. The van der Waals surface area contributed by atoms with Crippen molar-refractivity contribution in [1.82, 2.24) is 15.2 Å². The highest BCUT2D eigenvalue weighted by atomic mass is 32.2. The van der Waals surface area contributed by atoms with Crippen LogP contribution >= 0.6 is 0 Å². The van der Waals surface area contributed by atoms with Crippen molar-refractivity contribution >= 4 is 48.7 Å². The molecule has 1 atom stereocenters. The van der Waals surface area contributed by atoms with Crippen LogP contribution in [0, 0.1) is 0 Å². The summed E-state index contributed by atoms with van der Waals surface area (Å²) in [4.78, 5) is 32.9. The molecule has 0 radical (unpaired) electrons. The first-order chi connectivity index (χ1) is 29.8. The molecule has 2 amide bonds. The van der Waals surface area contributed by atoms with Crippen molar-refractivity contribution in [1.29, 1.82) is 0 Å². The van der Waals surface area contributed by atoms with E-state index in [-0.39, 0.29) is 46.4 Å². The van der Waals surface area contributed by atoms with E-state index in [4.69, 9.17) is 18.9 Å². The predicted octanol–water partition coefficient (Wildman–Crippen LogP) is 5.75. The number of aromatic nitrogens is 3. The number of hydrogen-bond donors (Lipinski definition) is 1. The number of methoxy groups -OCH3 is 3. The number of sulfone groups is 1. The molecule has 0 saturated carbocycles. The molecule has 62 heavy (non-hydrogen) atoms. The van der Waals surface area contributed by atoms with E-state index in [9.17, 15) is 26.4 Å². The molecule has 2 aromatic heterocycles. The predicted molar refractivity (Wildman–Crippen MR) is 232 cm³/mol. The van der Waals surface area contributed by atoms with Gasteiger partial charge < -0.3 is 29.2 Å². The van der Waals surface area contributed by atoms with Gasteiger partial charge >= 0.3 is 0 Å². The first kappa shape index (κ1) is 44.5. The van der Waals surface area contributed by atoms with E-state index < -0.39 is 43.5 Å². The summed E-state index contributed by atoms with van der Waals surface area (Å²) in [7, 11) is -2.39. The maximum Gasteiger partial charge on any atom is 0.264 e. The summed E-state index contributed by atoms with van der Waals surface area (Å²) < 4.78 is 79.6. The number of ether oxygens (including phenoxy) is 4. The van der Waals surface area contributed by atoms with Crippen molar-refractivity contribution < 1.29 is 45.4 Å². The van der Waals surface area contributed by atoms with Crippen LogP contribution in [0.1, 0.15) is 17.7 Å². The first-order valence-electron chi connectivity index (χ1n) is 19.0. The fourth-order valence-corrected chi connectivity index (χ4v) is 9.51. The summed E-state index contributed by atoms with van der Waals surface area (Å²) in [6.07, 6.45) is 3.81. The highest BCUT2D eigenvalue weighted by molar-refractivity contribution is 7.93. The fourth-order valence-electron chi connectivity index (χ4n) is 6.38. The number of benzene rings is 4. The van der Waals surface area contributed by atoms with E-state index in [1.165, 1.54) is 94.3 Å². The molecule has 0 bridgehead atoms. The molecule has 6 aromatic rings. The number of nitrogens with one attached hydrogen (secondary N) is 1. The lowest BCUT2D eigenvalue weighted by Gasteiger charge is -2.26. The lowest BCUT2D eigenvalue weighted by atomic mass is 10.1. The standard InChI is InChI=1S/C44H44N6O10S2/c1-49(44(52)26-39(61(53,54)37-11-7-5-8-12-37)24-31-23-35(57-2)17-19-41(31)58-3)34-16-15-33(45-28-34)30-60-36-18-20-42(59-4)40(25-36)50(62(55,56)38-13-9-6-10-14-38)29-43(51)48-32-21-22-46-47-27-32/h5-23,25,27-28,39H,24,26,29-30H2,1-4H3,(H,46,48,51). The Bertz CT molecular complexity index is 2690. The van der Waals surface area contributed by atoms with Gasteiger partial charge in [0.15, 0.2) is 9.84 Å². The zero-order valence-electron chi connectivity index (χ0n) is 34.2. The Balaban J connectivity index is 1.19. The number of pyridine rings is 1. The molecule has 2 heterocycles. The van der Waals surface area contributed by atoms with Crippen LogP contribution in [0.5, 0.6) is 23.0 Å². The summed E-state index contributed by atoms with van der Waals surface area (Å²) in [5.74, 6) is 0.263. The normalized spacial score (nSPS) is 11.8. The molecule has 0 aliphatic rings. The van der Waals surface area contributed by atoms with E-state index in [1.807, 2.05) is 0 Å². The average molecular weight is 881 g/mol. The number of carbonyl (C=O) groups is 2. The van der Waals surface area contributed by atoms with Crippen molar-refractivity contribution in [2.24, 2.45) is 0 Å². The second kappa shape index (κ2) is 20.0. The molecule has 1 N–H and O–H groups in total. The van der Waals surface area contributed by atoms with Crippen molar-refractivity contribution in [2.75, 3.05) is 49.4 Å². The molecule has 0 aliphatic heterocycles. The largest absolute Gasteiger partial charge is 0.497 e. The third-order valence-corrected chi connectivity index (χ3v) is 13.6. The van der Waals surface area contributed by atoms with Crippen LogP contribution in [-0.2, 0) is 42.5 Å². The third kappa shape index (κ3) is 10.6. The summed E-state index contributed by atoms with van der Waals surface area (Å²) in [6, 6.07) is 30.1. The molecule has 0 aliphatic carbocycles. The molecule has 322 valence electrons. The van der Waals surface area contributed by atoms with Gasteiger partial charge in [-0.05, 0) is 84.8 Å². The van der Waals surface area contributed by atoms with Gasteiger partial charge in [0.05, 0.1) is 77.7 Å². The Morgan fingerprint density at radius 1 is 0.726 bits per heavy atom. The van der Waals surface area contributed by atoms with Crippen molar-refractivity contribution in [2.45, 2.75) is 34.5 Å². The lowest BCUT2D eigenvalue weighted by molar-refractivity contribution is -0.118. The Labute approximate surface area is 360 Å².